The molecule has 0 bridgehead atoms. The number of benzene rings is 2. The summed E-state index contributed by atoms with van der Waals surface area (Å²) in [5.41, 5.74) is 4.18. The lowest BCUT2D eigenvalue weighted by molar-refractivity contribution is -0.114. The lowest BCUT2D eigenvalue weighted by Gasteiger charge is -2.17. The van der Waals surface area contributed by atoms with Crippen molar-refractivity contribution in [1.29, 1.82) is 0 Å². The molecule has 0 atom stereocenters. The third kappa shape index (κ3) is 4.38. The predicted molar refractivity (Wildman–Crippen MR) is 100 cm³/mol. The van der Waals surface area contributed by atoms with Gasteiger partial charge in [-0.2, -0.15) is 0 Å². The molecule has 0 saturated heterocycles. The van der Waals surface area contributed by atoms with Gasteiger partial charge in [-0.15, -0.1) is 0 Å². The number of nitrogens with one attached hydrogen (secondary N) is 1. The fourth-order valence-corrected chi connectivity index (χ4v) is 2.48. The van der Waals surface area contributed by atoms with E-state index in [2.05, 4.69) is 51.2 Å². The number of amides is 1. The maximum atomic E-state index is 11.5. The van der Waals surface area contributed by atoms with Crippen LogP contribution in [0.5, 0.6) is 11.5 Å². The van der Waals surface area contributed by atoms with Gasteiger partial charge in [-0.25, -0.2) is 0 Å². The van der Waals surface area contributed by atoms with Crippen molar-refractivity contribution >= 4 is 11.6 Å². The van der Waals surface area contributed by atoms with Crippen LogP contribution in [-0.2, 0) is 4.79 Å². The Balaban J connectivity index is 2.45. The molecule has 0 heterocycles. The highest BCUT2D eigenvalue weighted by molar-refractivity contribution is 5.90. The van der Waals surface area contributed by atoms with Gasteiger partial charge in [0.15, 0.2) is 5.75 Å². The molecule has 0 aliphatic carbocycles. The first-order valence-corrected chi connectivity index (χ1v) is 8.48. The van der Waals surface area contributed by atoms with Crippen molar-refractivity contribution in [1.82, 2.24) is 0 Å². The summed E-state index contributed by atoms with van der Waals surface area (Å²) in [6.45, 7) is 12.1. The fraction of sp³-hybridized carbons (Fsp3) is 0.381. The molecule has 2 aromatic carbocycles. The Labute approximate surface area is 145 Å². The van der Waals surface area contributed by atoms with E-state index in [1.54, 1.807) is 0 Å². The first-order valence-electron chi connectivity index (χ1n) is 8.48. The maximum absolute atomic E-state index is 11.5. The lowest BCUT2D eigenvalue weighted by atomic mass is 10.0. The number of carbonyl (C=O) groups is 1. The molecule has 0 fully saturated rings. The van der Waals surface area contributed by atoms with E-state index >= 15 is 0 Å². The number of hydrogen-bond donors (Lipinski definition) is 1. The number of rotatable bonds is 5. The highest BCUT2D eigenvalue weighted by Gasteiger charge is 2.12. The normalized spacial score (nSPS) is 11.0. The van der Waals surface area contributed by atoms with Crippen molar-refractivity contribution < 1.29 is 9.53 Å². The number of aryl methyl sites for hydroxylation is 1. The molecule has 0 spiro atoms. The standard InChI is InChI=1S/C21H27NO2/c1-13(2)17-8-7-15(5)20(11-17)24-21-12-18(14(3)4)9-10-19(21)22-16(6)23/h7-14H,1-6H3,(H,22,23). The molecule has 0 radical (unpaired) electrons. The van der Waals surface area contributed by atoms with Crippen LogP contribution in [0.1, 0.15) is 63.1 Å². The molecule has 2 rings (SSSR count). The van der Waals surface area contributed by atoms with E-state index in [9.17, 15) is 4.79 Å². The molecule has 0 aliphatic heterocycles. The van der Waals surface area contributed by atoms with Crippen molar-refractivity contribution in [3.63, 3.8) is 0 Å². The van der Waals surface area contributed by atoms with E-state index in [0.29, 0.717) is 23.3 Å². The molecule has 0 saturated carbocycles. The van der Waals surface area contributed by atoms with Crippen LogP contribution in [0.15, 0.2) is 36.4 Å². The second-order valence-electron chi connectivity index (χ2n) is 6.87. The predicted octanol–water partition coefficient (Wildman–Crippen LogP) is 5.99. The maximum Gasteiger partial charge on any atom is 0.221 e. The Hall–Kier alpha value is -2.29. The SMILES string of the molecule is CC(=O)Nc1ccc(C(C)C)cc1Oc1cc(C(C)C)ccc1C. The summed E-state index contributed by atoms with van der Waals surface area (Å²) in [6, 6.07) is 12.2. The average Bonchev–Trinajstić information content (AvgIpc) is 2.50. The third-order valence-corrected chi connectivity index (χ3v) is 4.08. The average molecular weight is 325 g/mol. The summed E-state index contributed by atoms with van der Waals surface area (Å²) >= 11 is 0. The van der Waals surface area contributed by atoms with Gasteiger partial charge in [0.2, 0.25) is 5.91 Å². The van der Waals surface area contributed by atoms with Crippen molar-refractivity contribution in [3.8, 4) is 11.5 Å². The molecule has 3 nitrogen and oxygen atoms in total. The van der Waals surface area contributed by atoms with Crippen LogP contribution in [0.2, 0.25) is 0 Å². The van der Waals surface area contributed by atoms with Crippen LogP contribution in [0, 0.1) is 6.92 Å². The number of carbonyl (C=O) groups excluding carboxylic acids is 1. The molecule has 2 aromatic rings. The van der Waals surface area contributed by atoms with Crippen molar-refractivity contribution in [2.45, 2.75) is 53.4 Å². The molecule has 3 heteroatoms. The Morgan fingerprint density at radius 2 is 1.46 bits per heavy atom. The topological polar surface area (TPSA) is 38.3 Å². The molecule has 0 aromatic heterocycles. The first kappa shape index (κ1) is 18.1. The zero-order chi connectivity index (χ0) is 17.9. The zero-order valence-electron chi connectivity index (χ0n) is 15.4. The minimum absolute atomic E-state index is 0.107. The van der Waals surface area contributed by atoms with Gasteiger partial charge >= 0.3 is 0 Å². The largest absolute Gasteiger partial charge is 0.455 e. The summed E-state index contributed by atoms with van der Waals surface area (Å²) < 4.78 is 6.21. The van der Waals surface area contributed by atoms with Crippen LogP contribution in [0.3, 0.4) is 0 Å². The quantitative estimate of drug-likeness (QED) is 0.733. The van der Waals surface area contributed by atoms with Crippen molar-refractivity contribution in [3.05, 3.63) is 53.1 Å². The summed E-state index contributed by atoms with van der Waals surface area (Å²) in [7, 11) is 0. The van der Waals surface area contributed by atoms with Gasteiger partial charge in [0.1, 0.15) is 5.75 Å². The third-order valence-electron chi connectivity index (χ3n) is 4.08. The van der Waals surface area contributed by atoms with Gasteiger partial charge in [-0.3, -0.25) is 4.79 Å². The van der Waals surface area contributed by atoms with Crippen LogP contribution in [0.4, 0.5) is 5.69 Å². The van der Waals surface area contributed by atoms with E-state index < -0.39 is 0 Å². The molecule has 0 unspecified atom stereocenters. The van der Waals surface area contributed by atoms with Crippen LogP contribution in [-0.4, -0.2) is 5.91 Å². The molecule has 24 heavy (non-hydrogen) atoms. The Kier molecular flexibility index (Phi) is 5.66. The molecule has 128 valence electrons. The minimum Gasteiger partial charge on any atom is -0.455 e. The van der Waals surface area contributed by atoms with Crippen LogP contribution in [0.25, 0.3) is 0 Å². The summed E-state index contributed by atoms with van der Waals surface area (Å²) in [5, 5.41) is 2.85. The summed E-state index contributed by atoms with van der Waals surface area (Å²) in [5.74, 6) is 2.23. The highest BCUT2D eigenvalue weighted by atomic mass is 16.5. The fourth-order valence-electron chi connectivity index (χ4n) is 2.48. The summed E-state index contributed by atoms with van der Waals surface area (Å²) in [6.07, 6.45) is 0. The van der Waals surface area contributed by atoms with E-state index in [1.165, 1.54) is 18.1 Å². The monoisotopic (exact) mass is 325 g/mol. The Morgan fingerprint density at radius 3 is 2.00 bits per heavy atom. The number of hydrogen-bond acceptors (Lipinski definition) is 2. The summed E-state index contributed by atoms with van der Waals surface area (Å²) in [4.78, 5) is 11.5. The Morgan fingerprint density at radius 1 is 0.917 bits per heavy atom. The van der Waals surface area contributed by atoms with Crippen molar-refractivity contribution in [2.24, 2.45) is 0 Å². The first-order chi connectivity index (χ1) is 11.3. The van der Waals surface area contributed by atoms with Gasteiger partial charge in [-0.1, -0.05) is 45.9 Å². The van der Waals surface area contributed by atoms with E-state index in [-0.39, 0.29) is 5.91 Å². The molecule has 1 amide bonds. The molecule has 1 N–H and O–H groups in total. The van der Waals surface area contributed by atoms with Gasteiger partial charge in [0, 0.05) is 6.92 Å². The second kappa shape index (κ2) is 7.52. The van der Waals surface area contributed by atoms with Gasteiger partial charge in [0.05, 0.1) is 5.69 Å². The van der Waals surface area contributed by atoms with Gasteiger partial charge < -0.3 is 10.1 Å². The number of anilines is 1. The van der Waals surface area contributed by atoms with Crippen LogP contribution >= 0.6 is 0 Å². The van der Waals surface area contributed by atoms with Crippen LogP contribution < -0.4 is 10.1 Å². The van der Waals surface area contributed by atoms with E-state index in [4.69, 9.17) is 4.74 Å². The number of ether oxygens (including phenoxy) is 1. The van der Waals surface area contributed by atoms with Gasteiger partial charge in [-0.05, 0) is 53.6 Å². The molecule has 0 aliphatic rings. The zero-order valence-corrected chi connectivity index (χ0v) is 15.4. The lowest BCUT2D eigenvalue weighted by Crippen LogP contribution is -2.07. The van der Waals surface area contributed by atoms with E-state index in [0.717, 1.165) is 11.3 Å². The smallest absolute Gasteiger partial charge is 0.221 e. The minimum atomic E-state index is -0.107. The molecular formula is C21H27NO2. The molecular weight excluding hydrogens is 298 g/mol. The van der Waals surface area contributed by atoms with Crippen molar-refractivity contribution in [2.75, 3.05) is 5.32 Å². The Bertz CT molecular complexity index is 733. The van der Waals surface area contributed by atoms with E-state index in [1.807, 2.05) is 25.1 Å². The second-order valence-corrected chi connectivity index (χ2v) is 6.87. The van der Waals surface area contributed by atoms with Gasteiger partial charge in [0.25, 0.3) is 0 Å². The highest BCUT2D eigenvalue weighted by Crippen LogP contribution is 2.35.